The second kappa shape index (κ2) is 6.56. The fraction of sp³-hybridized carbons (Fsp3) is 0.143. The molecule has 1 heterocycles. The van der Waals surface area contributed by atoms with Gasteiger partial charge < -0.3 is 4.74 Å². The molecule has 4 nitrogen and oxygen atoms in total. The molecule has 1 aromatic rings. The Morgan fingerprint density at radius 2 is 2.24 bits per heavy atom. The smallest absolute Gasteiger partial charge is 0.294 e. The molecule has 0 unspecified atom stereocenters. The number of carbonyl (C=O) groups excluding carboxylic acids is 2. The summed E-state index contributed by atoms with van der Waals surface area (Å²) in [6.07, 6.45) is 6.73. The summed E-state index contributed by atoms with van der Waals surface area (Å²) in [6, 6.07) is 3.40. The molecule has 1 aromatic carbocycles. The minimum absolute atomic E-state index is 0.0327. The van der Waals surface area contributed by atoms with E-state index in [0.29, 0.717) is 25.7 Å². The van der Waals surface area contributed by atoms with Crippen LogP contribution in [-0.4, -0.2) is 29.7 Å². The third-order valence-electron chi connectivity index (χ3n) is 2.65. The van der Waals surface area contributed by atoms with Crippen molar-refractivity contribution in [3.8, 4) is 18.1 Å². The van der Waals surface area contributed by atoms with E-state index >= 15 is 0 Å². The van der Waals surface area contributed by atoms with E-state index in [1.54, 1.807) is 18.2 Å². The predicted molar refractivity (Wildman–Crippen MR) is 87.2 cm³/mol. The predicted octanol–water partition coefficient (Wildman–Crippen LogP) is 3.78. The van der Waals surface area contributed by atoms with Crippen molar-refractivity contribution in [1.82, 2.24) is 4.90 Å². The number of hydrogen-bond acceptors (Lipinski definition) is 4. The van der Waals surface area contributed by atoms with Crippen LogP contribution in [0, 0.1) is 12.3 Å². The van der Waals surface area contributed by atoms with Crippen LogP contribution in [0.1, 0.15) is 5.56 Å². The zero-order valence-corrected chi connectivity index (χ0v) is 14.0. The van der Waals surface area contributed by atoms with Crippen LogP contribution in [0.5, 0.6) is 5.75 Å². The lowest BCUT2D eigenvalue weighted by atomic mass is 10.2. The number of rotatable bonds is 3. The summed E-state index contributed by atoms with van der Waals surface area (Å²) in [5.74, 6) is 2.40. The maximum atomic E-state index is 12.1. The molecule has 1 saturated heterocycles. The van der Waals surface area contributed by atoms with Crippen molar-refractivity contribution >= 4 is 56.5 Å². The van der Waals surface area contributed by atoms with Crippen LogP contribution in [0.25, 0.3) is 6.08 Å². The first kappa shape index (κ1) is 16.0. The summed E-state index contributed by atoms with van der Waals surface area (Å²) < 4.78 is 5.79. The van der Waals surface area contributed by atoms with Gasteiger partial charge in [-0.15, -0.1) is 6.42 Å². The molecule has 1 aliphatic rings. The summed E-state index contributed by atoms with van der Waals surface area (Å²) in [4.78, 5) is 25.1. The standard InChI is InChI=1S/C14H9BrClNO3S/c1-3-4-17-13(18)11(21-14(17)19)7-8-5-9(15)12(20-2)10(16)6-8/h1,5-7H,4H2,2H3/b11-7+. The average molecular weight is 387 g/mol. The average Bonchev–Trinajstić information content (AvgIpc) is 2.66. The molecule has 1 aliphatic heterocycles. The molecule has 0 bridgehead atoms. The Morgan fingerprint density at radius 3 is 2.81 bits per heavy atom. The second-order valence-electron chi connectivity index (χ2n) is 3.99. The number of terminal acetylenes is 1. The number of nitrogens with zero attached hydrogens (tertiary/aromatic N) is 1. The van der Waals surface area contributed by atoms with Crippen molar-refractivity contribution in [2.75, 3.05) is 13.7 Å². The Bertz CT molecular complexity index is 673. The van der Waals surface area contributed by atoms with Gasteiger partial charge in [-0.2, -0.15) is 0 Å². The van der Waals surface area contributed by atoms with Crippen molar-refractivity contribution in [3.05, 3.63) is 32.1 Å². The van der Waals surface area contributed by atoms with Gasteiger partial charge in [0.1, 0.15) is 0 Å². The highest BCUT2D eigenvalue weighted by Gasteiger charge is 2.34. The summed E-state index contributed by atoms with van der Waals surface area (Å²) >= 11 is 10.3. The Labute approximate surface area is 139 Å². The number of thioether (sulfide) groups is 1. The van der Waals surface area contributed by atoms with E-state index < -0.39 is 5.91 Å². The molecule has 2 amide bonds. The van der Waals surface area contributed by atoms with Crippen LogP contribution >= 0.6 is 39.3 Å². The maximum absolute atomic E-state index is 12.1. The van der Waals surface area contributed by atoms with Crippen LogP contribution in [0.15, 0.2) is 21.5 Å². The number of amides is 2. The van der Waals surface area contributed by atoms with Crippen molar-refractivity contribution < 1.29 is 14.3 Å². The molecule has 0 radical (unpaired) electrons. The number of imide groups is 1. The van der Waals surface area contributed by atoms with Gasteiger partial charge in [-0.05, 0) is 51.5 Å². The SMILES string of the molecule is C#CCN1C(=O)S/C(=C/c2cc(Cl)c(OC)c(Br)c2)C1=O. The minimum atomic E-state index is -0.397. The van der Waals surface area contributed by atoms with Crippen LogP contribution in [0.2, 0.25) is 5.02 Å². The van der Waals surface area contributed by atoms with Crippen LogP contribution in [0.4, 0.5) is 4.79 Å². The van der Waals surface area contributed by atoms with Crippen LogP contribution in [0.3, 0.4) is 0 Å². The van der Waals surface area contributed by atoms with Crippen molar-refractivity contribution in [3.63, 3.8) is 0 Å². The largest absolute Gasteiger partial charge is 0.494 e. The van der Waals surface area contributed by atoms with Gasteiger partial charge >= 0.3 is 0 Å². The molecule has 1 fully saturated rings. The fourth-order valence-corrected chi connectivity index (χ4v) is 3.63. The topological polar surface area (TPSA) is 46.6 Å². The lowest BCUT2D eigenvalue weighted by Gasteiger charge is -2.08. The van der Waals surface area contributed by atoms with Crippen molar-refractivity contribution in [1.29, 1.82) is 0 Å². The third-order valence-corrected chi connectivity index (χ3v) is 4.42. The lowest BCUT2D eigenvalue weighted by molar-refractivity contribution is -0.122. The van der Waals surface area contributed by atoms with Gasteiger partial charge in [0.2, 0.25) is 0 Å². The quantitative estimate of drug-likeness (QED) is 0.586. The number of carbonyl (C=O) groups is 2. The maximum Gasteiger partial charge on any atom is 0.294 e. The van der Waals surface area contributed by atoms with E-state index in [0.717, 1.165) is 16.7 Å². The normalized spacial score (nSPS) is 16.5. The number of hydrogen-bond donors (Lipinski definition) is 0. The van der Waals surface area contributed by atoms with Gasteiger partial charge in [0, 0.05) is 0 Å². The molecule has 0 spiro atoms. The van der Waals surface area contributed by atoms with Gasteiger partial charge in [-0.3, -0.25) is 14.5 Å². The molecule has 108 valence electrons. The van der Waals surface area contributed by atoms with E-state index in [1.807, 2.05) is 0 Å². The van der Waals surface area contributed by atoms with Gasteiger partial charge in [-0.1, -0.05) is 17.5 Å². The van der Waals surface area contributed by atoms with E-state index in [9.17, 15) is 9.59 Å². The number of ether oxygens (including phenoxy) is 1. The Kier molecular flexibility index (Phi) is 4.99. The molecule has 21 heavy (non-hydrogen) atoms. The van der Waals surface area contributed by atoms with E-state index in [-0.39, 0.29) is 11.8 Å². The summed E-state index contributed by atoms with van der Waals surface area (Å²) in [5, 5.41) is 0.0313. The van der Waals surface area contributed by atoms with Crippen molar-refractivity contribution in [2.45, 2.75) is 0 Å². The number of benzene rings is 1. The Morgan fingerprint density at radius 1 is 1.52 bits per heavy atom. The molecule has 2 rings (SSSR count). The van der Waals surface area contributed by atoms with Gasteiger partial charge in [0.15, 0.2) is 5.75 Å². The van der Waals surface area contributed by atoms with E-state index in [2.05, 4.69) is 21.9 Å². The number of halogens is 2. The van der Waals surface area contributed by atoms with Gasteiger partial charge in [-0.25, -0.2) is 0 Å². The number of methoxy groups -OCH3 is 1. The summed E-state index contributed by atoms with van der Waals surface area (Å²) in [7, 11) is 1.51. The van der Waals surface area contributed by atoms with E-state index in [1.165, 1.54) is 7.11 Å². The zero-order chi connectivity index (χ0) is 15.6. The van der Waals surface area contributed by atoms with Gasteiger partial charge in [0.25, 0.3) is 11.1 Å². The lowest BCUT2D eigenvalue weighted by Crippen LogP contribution is -2.28. The first-order chi connectivity index (χ1) is 9.97. The third kappa shape index (κ3) is 3.26. The Balaban J connectivity index is 2.35. The molecule has 0 atom stereocenters. The highest BCUT2D eigenvalue weighted by atomic mass is 79.9. The molecule has 0 saturated carbocycles. The minimum Gasteiger partial charge on any atom is -0.494 e. The molecule has 0 aromatic heterocycles. The molecular formula is C14H9BrClNO3S. The molecule has 0 N–H and O–H groups in total. The van der Waals surface area contributed by atoms with Crippen molar-refractivity contribution in [2.24, 2.45) is 0 Å². The molecule has 7 heteroatoms. The second-order valence-corrected chi connectivity index (χ2v) is 6.24. The first-order valence-electron chi connectivity index (χ1n) is 5.69. The fourth-order valence-electron chi connectivity index (χ4n) is 1.74. The first-order valence-corrected chi connectivity index (χ1v) is 7.68. The van der Waals surface area contributed by atoms with E-state index in [4.69, 9.17) is 22.8 Å². The zero-order valence-electron chi connectivity index (χ0n) is 10.9. The Hall–Kier alpha value is -1.42. The van der Waals surface area contributed by atoms with Crippen LogP contribution < -0.4 is 4.74 Å². The highest BCUT2D eigenvalue weighted by Crippen LogP contribution is 2.37. The molecule has 0 aliphatic carbocycles. The summed E-state index contributed by atoms with van der Waals surface area (Å²) in [5.41, 5.74) is 0.680. The monoisotopic (exact) mass is 385 g/mol. The van der Waals surface area contributed by atoms with Gasteiger partial charge in [0.05, 0.1) is 28.1 Å². The molecular weight excluding hydrogens is 378 g/mol. The highest BCUT2D eigenvalue weighted by molar-refractivity contribution is 9.10. The summed E-state index contributed by atoms with van der Waals surface area (Å²) in [6.45, 7) is -0.0327. The van der Waals surface area contributed by atoms with Crippen LogP contribution in [-0.2, 0) is 4.79 Å².